The first kappa shape index (κ1) is 13.3. The minimum Gasteiger partial charge on any atom is -0.365 e. The summed E-state index contributed by atoms with van der Waals surface area (Å²) in [7, 11) is 0. The summed E-state index contributed by atoms with van der Waals surface area (Å²) in [6, 6.07) is 6.74. The van der Waals surface area contributed by atoms with Crippen LogP contribution in [0.2, 0.25) is 5.02 Å². The van der Waals surface area contributed by atoms with Gasteiger partial charge in [0.2, 0.25) is 0 Å². The van der Waals surface area contributed by atoms with Crippen molar-refractivity contribution in [2.75, 3.05) is 18.0 Å². The Morgan fingerprint density at radius 1 is 1.37 bits per heavy atom. The Balaban J connectivity index is 1.90. The molecule has 3 heteroatoms. The molecular weight excluding hydrogens is 256 g/mol. The molecule has 1 heterocycles. The van der Waals surface area contributed by atoms with E-state index in [1.165, 1.54) is 24.1 Å². The Bertz CT molecular complexity index is 484. The third-order valence-electron chi connectivity index (χ3n) is 4.79. The zero-order valence-corrected chi connectivity index (χ0v) is 12.8. The minimum absolute atomic E-state index is 0.265. The van der Waals surface area contributed by atoms with Crippen LogP contribution in [0.1, 0.15) is 32.3 Å². The van der Waals surface area contributed by atoms with Gasteiger partial charge >= 0.3 is 0 Å². The van der Waals surface area contributed by atoms with Crippen LogP contribution in [0.3, 0.4) is 0 Å². The lowest BCUT2D eigenvalue weighted by Gasteiger charge is -2.47. The molecule has 0 bridgehead atoms. The summed E-state index contributed by atoms with van der Waals surface area (Å²) < 4.78 is 0. The Morgan fingerprint density at radius 3 is 2.79 bits per heavy atom. The Hall–Kier alpha value is -0.730. The topological polar surface area (TPSA) is 15.3 Å². The van der Waals surface area contributed by atoms with Gasteiger partial charge in [-0.05, 0) is 57.2 Å². The molecule has 0 spiro atoms. The molecule has 2 fully saturated rings. The van der Waals surface area contributed by atoms with Crippen LogP contribution in [0.4, 0.5) is 5.69 Å². The van der Waals surface area contributed by atoms with E-state index < -0.39 is 0 Å². The van der Waals surface area contributed by atoms with E-state index >= 15 is 0 Å². The number of hydrogen-bond donors (Lipinski definition) is 1. The molecule has 0 amide bonds. The van der Waals surface area contributed by atoms with Gasteiger partial charge < -0.3 is 10.2 Å². The lowest BCUT2D eigenvalue weighted by Crippen LogP contribution is -2.63. The van der Waals surface area contributed by atoms with Gasteiger partial charge in [-0.15, -0.1) is 0 Å². The molecule has 2 nitrogen and oxygen atoms in total. The highest BCUT2D eigenvalue weighted by Crippen LogP contribution is 2.42. The van der Waals surface area contributed by atoms with Crippen molar-refractivity contribution < 1.29 is 0 Å². The highest BCUT2D eigenvalue weighted by Gasteiger charge is 2.45. The van der Waals surface area contributed by atoms with Crippen LogP contribution in [-0.2, 0) is 0 Å². The summed E-state index contributed by atoms with van der Waals surface area (Å²) in [6.45, 7) is 8.98. The zero-order valence-electron chi connectivity index (χ0n) is 12.0. The summed E-state index contributed by atoms with van der Waals surface area (Å²) in [5.41, 5.74) is 2.88. The van der Waals surface area contributed by atoms with Gasteiger partial charge in [0.1, 0.15) is 0 Å². The van der Waals surface area contributed by atoms with Crippen LogP contribution in [0, 0.1) is 12.8 Å². The highest BCUT2D eigenvalue weighted by molar-refractivity contribution is 6.30. The molecule has 1 saturated heterocycles. The van der Waals surface area contributed by atoms with Gasteiger partial charge in [-0.25, -0.2) is 0 Å². The number of hydrogen-bond acceptors (Lipinski definition) is 2. The standard InChI is InChI=1S/C16H23ClN2/c1-11-4-7-14(17)8-15(11)19-10-16(3,13-5-6-13)18-9-12(19)2/h4,7-8,12-13,18H,5-6,9-10H2,1-3H3. The Labute approximate surface area is 121 Å². The van der Waals surface area contributed by atoms with Crippen molar-refractivity contribution >= 4 is 17.3 Å². The fourth-order valence-electron chi connectivity index (χ4n) is 3.27. The summed E-state index contributed by atoms with van der Waals surface area (Å²) in [5, 5.41) is 4.60. The van der Waals surface area contributed by atoms with Crippen LogP contribution in [-0.4, -0.2) is 24.7 Å². The van der Waals surface area contributed by atoms with Crippen molar-refractivity contribution in [1.29, 1.82) is 0 Å². The van der Waals surface area contributed by atoms with E-state index in [0.717, 1.165) is 24.0 Å². The van der Waals surface area contributed by atoms with Crippen molar-refractivity contribution in [3.8, 4) is 0 Å². The first-order valence-electron chi connectivity index (χ1n) is 7.27. The largest absolute Gasteiger partial charge is 0.365 e. The molecule has 0 radical (unpaired) electrons. The van der Waals surface area contributed by atoms with E-state index in [4.69, 9.17) is 11.6 Å². The van der Waals surface area contributed by atoms with Gasteiger partial charge in [-0.3, -0.25) is 0 Å². The molecule has 1 saturated carbocycles. The van der Waals surface area contributed by atoms with Crippen LogP contribution in [0.15, 0.2) is 18.2 Å². The van der Waals surface area contributed by atoms with Gasteiger partial charge in [0, 0.05) is 35.4 Å². The first-order valence-corrected chi connectivity index (χ1v) is 7.65. The van der Waals surface area contributed by atoms with Gasteiger partial charge in [0.25, 0.3) is 0 Å². The third kappa shape index (κ3) is 2.48. The smallest absolute Gasteiger partial charge is 0.0426 e. The number of benzene rings is 1. The predicted octanol–water partition coefficient (Wildman–Crippen LogP) is 3.62. The quantitative estimate of drug-likeness (QED) is 0.889. The summed E-state index contributed by atoms with van der Waals surface area (Å²) in [4.78, 5) is 2.54. The molecule has 1 aromatic carbocycles. The molecule has 0 aromatic heterocycles. The third-order valence-corrected chi connectivity index (χ3v) is 5.03. The van der Waals surface area contributed by atoms with E-state index in [9.17, 15) is 0 Å². The van der Waals surface area contributed by atoms with Crippen LogP contribution < -0.4 is 10.2 Å². The van der Waals surface area contributed by atoms with E-state index in [0.29, 0.717) is 6.04 Å². The lowest BCUT2D eigenvalue weighted by atomic mass is 9.90. The maximum absolute atomic E-state index is 6.19. The molecule has 19 heavy (non-hydrogen) atoms. The number of aryl methyl sites for hydroxylation is 1. The number of anilines is 1. The maximum atomic E-state index is 6.19. The number of halogens is 1. The van der Waals surface area contributed by atoms with Crippen LogP contribution in [0.5, 0.6) is 0 Å². The molecular formula is C16H23ClN2. The average Bonchev–Trinajstić information content (AvgIpc) is 3.20. The van der Waals surface area contributed by atoms with Crippen LogP contribution >= 0.6 is 11.6 Å². The SMILES string of the molecule is Cc1ccc(Cl)cc1N1CC(C)(C2CC2)NCC1C. The zero-order chi connectivity index (χ0) is 13.6. The number of nitrogens with one attached hydrogen (secondary N) is 1. The number of rotatable bonds is 2. The van der Waals surface area contributed by atoms with Crippen molar-refractivity contribution in [3.63, 3.8) is 0 Å². The van der Waals surface area contributed by atoms with E-state index in [2.05, 4.69) is 43.1 Å². The van der Waals surface area contributed by atoms with Gasteiger partial charge in [-0.2, -0.15) is 0 Å². The number of piperazine rings is 1. The summed E-state index contributed by atoms with van der Waals surface area (Å²) in [6.07, 6.45) is 2.75. The fraction of sp³-hybridized carbons (Fsp3) is 0.625. The van der Waals surface area contributed by atoms with Crippen molar-refractivity contribution in [1.82, 2.24) is 5.32 Å². The molecule has 104 valence electrons. The van der Waals surface area contributed by atoms with Gasteiger partial charge in [-0.1, -0.05) is 17.7 Å². The second-order valence-corrected chi connectivity index (χ2v) is 6.92. The van der Waals surface area contributed by atoms with E-state index in [1.54, 1.807) is 0 Å². The molecule has 1 aliphatic heterocycles. The first-order chi connectivity index (χ1) is 8.99. The molecule has 2 atom stereocenters. The van der Waals surface area contributed by atoms with Crippen LogP contribution in [0.25, 0.3) is 0 Å². The maximum Gasteiger partial charge on any atom is 0.0426 e. The Kier molecular flexibility index (Phi) is 3.26. The molecule has 1 N–H and O–H groups in total. The second kappa shape index (κ2) is 4.68. The van der Waals surface area contributed by atoms with Crippen molar-refractivity contribution in [2.45, 2.75) is 45.2 Å². The van der Waals surface area contributed by atoms with Gasteiger partial charge in [0.05, 0.1) is 0 Å². The average molecular weight is 279 g/mol. The number of nitrogens with zero attached hydrogens (tertiary/aromatic N) is 1. The molecule has 1 aromatic rings. The second-order valence-electron chi connectivity index (χ2n) is 6.48. The van der Waals surface area contributed by atoms with E-state index in [-0.39, 0.29) is 5.54 Å². The van der Waals surface area contributed by atoms with Crippen molar-refractivity contribution in [2.24, 2.45) is 5.92 Å². The highest BCUT2D eigenvalue weighted by atomic mass is 35.5. The monoisotopic (exact) mass is 278 g/mol. The molecule has 3 rings (SSSR count). The summed E-state index contributed by atoms with van der Waals surface area (Å²) in [5.74, 6) is 0.849. The minimum atomic E-state index is 0.265. The molecule has 1 aliphatic carbocycles. The summed E-state index contributed by atoms with van der Waals surface area (Å²) >= 11 is 6.19. The fourth-order valence-corrected chi connectivity index (χ4v) is 3.43. The van der Waals surface area contributed by atoms with E-state index in [1.807, 2.05) is 6.07 Å². The van der Waals surface area contributed by atoms with Gasteiger partial charge in [0.15, 0.2) is 0 Å². The normalized spacial score (nSPS) is 31.6. The lowest BCUT2D eigenvalue weighted by molar-refractivity contribution is 0.260. The molecule has 2 aliphatic rings. The van der Waals surface area contributed by atoms with Crippen molar-refractivity contribution in [3.05, 3.63) is 28.8 Å². The molecule has 2 unspecified atom stereocenters. The Morgan fingerprint density at radius 2 is 2.11 bits per heavy atom. The predicted molar refractivity (Wildman–Crippen MR) is 82.1 cm³/mol.